The first-order valence-electron chi connectivity index (χ1n) is 10.1. The van der Waals surface area contributed by atoms with E-state index >= 15 is 0 Å². The Morgan fingerprint density at radius 3 is 2.79 bits per heavy atom. The second kappa shape index (κ2) is 6.88. The lowest BCUT2D eigenvalue weighted by atomic mass is 9.89. The molecule has 0 bridgehead atoms. The molecule has 4 rings (SSSR count). The van der Waals surface area contributed by atoms with Gasteiger partial charge in [-0.1, -0.05) is 25.1 Å². The highest BCUT2D eigenvalue weighted by Crippen LogP contribution is 2.45. The maximum absolute atomic E-state index is 13.5. The smallest absolute Gasteiger partial charge is 0.326 e. The van der Waals surface area contributed by atoms with E-state index in [4.69, 9.17) is 10.8 Å². The van der Waals surface area contributed by atoms with Crippen LogP contribution in [0.5, 0.6) is 0 Å². The summed E-state index contributed by atoms with van der Waals surface area (Å²) in [6.45, 7) is 2.03. The minimum Gasteiger partial charge on any atom is -0.396 e. The second-order valence-corrected chi connectivity index (χ2v) is 8.37. The molecule has 1 aromatic rings. The predicted molar refractivity (Wildman–Crippen MR) is 102 cm³/mol. The molecule has 7 heteroatoms. The monoisotopic (exact) mass is 385 g/mol. The van der Waals surface area contributed by atoms with Crippen molar-refractivity contribution in [2.75, 3.05) is 6.61 Å². The predicted octanol–water partition coefficient (Wildman–Crippen LogP) is 1.20. The number of nitrogens with one attached hydrogen (secondary N) is 1. The summed E-state index contributed by atoms with van der Waals surface area (Å²) in [5.41, 5.74) is 7.48. The molecule has 7 nitrogen and oxygen atoms in total. The lowest BCUT2D eigenvalue weighted by Gasteiger charge is -2.29. The summed E-state index contributed by atoms with van der Waals surface area (Å²) in [4.78, 5) is 39.5. The lowest BCUT2D eigenvalue weighted by Crippen LogP contribution is -2.53. The molecule has 1 heterocycles. The Balaban J connectivity index is 1.65. The van der Waals surface area contributed by atoms with Crippen LogP contribution in [-0.4, -0.2) is 40.5 Å². The van der Waals surface area contributed by atoms with Crippen LogP contribution in [0.1, 0.15) is 49.3 Å². The summed E-state index contributed by atoms with van der Waals surface area (Å²) in [6, 6.07) is 4.47. The van der Waals surface area contributed by atoms with E-state index in [9.17, 15) is 14.4 Å². The van der Waals surface area contributed by atoms with Crippen molar-refractivity contribution in [3.8, 4) is 0 Å². The molecule has 150 valence electrons. The molecule has 1 unspecified atom stereocenters. The lowest BCUT2D eigenvalue weighted by molar-refractivity contribution is -0.139. The van der Waals surface area contributed by atoms with Gasteiger partial charge >= 0.3 is 6.03 Å². The number of aliphatic hydroxyl groups is 1. The minimum atomic E-state index is -1.10. The summed E-state index contributed by atoms with van der Waals surface area (Å²) in [7, 11) is 0. The van der Waals surface area contributed by atoms with Gasteiger partial charge in [-0.25, -0.2) is 9.69 Å². The highest BCUT2D eigenvalue weighted by atomic mass is 16.3. The van der Waals surface area contributed by atoms with Crippen LogP contribution in [0.4, 0.5) is 4.79 Å². The topological polar surface area (TPSA) is 113 Å². The van der Waals surface area contributed by atoms with E-state index in [-0.39, 0.29) is 18.4 Å². The van der Waals surface area contributed by atoms with Crippen molar-refractivity contribution in [2.24, 2.45) is 17.6 Å². The quantitative estimate of drug-likeness (QED) is 0.612. The van der Waals surface area contributed by atoms with E-state index in [0.717, 1.165) is 40.9 Å². The number of amides is 4. The average molecular weight is 385 g/mol. The molecule has 4 amide bonds. The molecule has 0 aromatic heterocycles. The number of imide groups is 1. The van der Waals surface area contributed by atoms with Gasteiger partial charge in [0.1, 0.15) is 11.6 Å². The van der Waals surface area contributed by atoms with Crippen LogP contribution in [0.15, 0.2) is 18.2 Å². The molecule has 4 N–H and O–H groups in total. The molecule has 1 aromatic carbocycles. The minimum absolute atomic E-state index is 0.135. The number of carbonyl (C=O) groups is 3. The van der Waals surface area contributed by atoms with Gasteiger partial charge in [-0.3, -0.25) is 9.59 Å². The van der Waals surface area contributed by atoms with Gasteiger partial charge in [0.25, 0.3) is 5.91 Å². The van der Waals surface area contributed by atoms with Crippen molar-refractivity contribution >= 4 is 17.8 Å². The third kappa shape index (κ3) is 2.89. The van der Waals surface area contributed by atoms with Gasteiger partial charge in [0.2, 0.25) is 5.91 Å². The molecule has 1 saturated carbocycles. The molecule has 0 radical (unpaired) electrons. The normalized spacial score (nSPS) is 25.7. The first kappa shape index (κ1) is 18.9. The zero-order chi connectivity index (χ0) is 20.1. The van der Waals surface area contributed by atoms with E-state index in [1.165, 1.54) is 0 Å². The Morgan fingerprint density at radius 2 is 2.14 bits per heavy atom. The number of urea groups is 1. The van der Waals surface area contributed by atoms with Gasteiger partial charge in [-0.05, 0) is 67.1 Å². The van der Waals surface area contributed by atoms with E-state index in [1.54, 1.807) is 0 Å². The Morgan fingerprint density at radius 1 is 1.39 bits per heavy atom. The third-order valence-electron chi connectivity index (χ3n) is 6.58. The van der Waals surface area contributed by atoms with E-state index in [2.05, 4.69) is 11.4 Å². The van der Waals surface area contributed by atoms with Crippen LogP contribution >= 0.6 is 0 Å². The van der Waals surface area contributed by atoms with Crippen LogP contribution in [0.3, 0.4) is 0 Å². The Hall–Kier alpha value is -2.41. The van der Waals surface area contributed by atoms with Crippen molar-refractivity contribution in [3.05, 3.63) is 34.9 Å². The fraction of sp³-hybridized carbons (Fsp3) is 0.571. The number of rotatable bonds is 7. The van der Waals surface area contributed by atoms with Gasteiger partial charge in [-0.15, -0.1) is 0 Å². The number of aliphatic hydroxyl groups excluding tert-OH is 1. The average Bonchev–Trinajstić information content (AvgIpc) is 3.41. The summed E-state index contributed by atoms with van der Waals surface area (Å²) in [5.74, 6) is -0.795. The summed E-state index contributed by atoms with van der Waals surface area (Å²) < 4.78 is 0. The van der Waals surface area contributed by atoms with Gasteiger partial charge in [0.05, 0.1) is 0 Å². The van der Waals surface area contributed by atoms with Crippen LogP contribution < -0.4 is 11.1 Å². The molecule has 1 saturated heterocycles. The molecule has 3 atom stereocenters. The molecule has 2 aliphatic carbocycles. The summed E-state index contributed by atoms with van der Waals surface area (Å²) in [6.07, 6.45) is 4.62. The fourth-order valence-electron chi connectivity index (χ4n) is 4.87. The molecular weight excluding hydrogens is 358 g/mol. The number of primary amides is 1. The third-order valence-corrected chi connectivity index (χ3v) is 6.58. The number of fused-ring (bicyclic) bond motifs is 2. The standard InChI is InChI=1S/C21H27N3O4/c1-12(14-5-6-14)17(18(22)26)24-19(27)21(23-20(24)28)9-8-15-11-13(3-2-10-25)4-7-16(15)21/h4,7,11-12,14,17,25H,2-3,5-6,8-10H2,1H3,(H2,22,26)(H,23,28)/t12-,17?,21-/m0/s1. The number of nitrogens with two attached hydrogens (primary N) is 1. The maximum atomic E-state index is 13.5. The Bertz CT molecular complexity index is 835. The molecular formula is C21H27N3O4. The van der Waals surface area contributed by atoms with E-state index < -0.39 is 23.5 Å². The van der Waals surface area contributed by atoms with Gasteiger partial charge in [0, 0.05) is 6.61 Å². The van der Waals surface area contributed by atoms with Crippen molar-refractivity contribution < 1.29 is 19.5 Å². The first-order valence-corrected chi connectivity index (χ1v) is 10.1. The van der Waals surface area contributed by atoms with Gasteiger partial charge in [-0.2, -0.15) is 0 Å². The van der Waals surface area contributed by atoms with Crippen molar-refractivity contribution in [3.63, 3.8) is 0 Å². The number of hydrogen-bond donors (Lipinski definition) is 3. The first-order chi connectivity index (χ1) is 13.4. The highest BCUT2D eigenvalue weighted by Gasteiger charge is 2.59. The number of hydrogen-bond acceptors (Lipinski definition) is 4. The highest BCUT2D eigenvalue weighted by molar-refractivity contribution is 6.10. The SMILES string of the molecule is C[C@@H](C1CC1)C(C(N)=O)N1C(=O)N[C@]2(CCc3cc(CCCO)ccc32)C1=O. The molecule has 1 aliphatic heterocycles. The van der Waals surface area contributed by atoms with Crippen LogP contribution in [0, 0.1) is 11.8 Å². The largest absolute Gasteiger partial charge is 0.396 e. The Labute approximate surface area is 164 Å². The summed E-state index contributed by atoms with van der Waals surface area (Å²) >= 11 is 0. The van der Waals surface area contributed by atoms with Gasteiger partial charge in [0.15, 0.2) is 0 Å². The molecule has 1 spiro atoms. The number of carbonyl (C=O) groups excluding carboxylic acids is 3. The van der Waals surface area contributed by atoms with Crippen LogP contribution in [0.25, 0.3) is 0 Å². The second-order valence-electron chi connectivity index (χ2n) is 8.37. The molecule has 3 aliphatic rings. The Kier molecular flexibility index (Phi) is 4.65. The maximum Gasteiger partial charge on any atom is 0.326 e. The van der Waals surface area contributed by atoms with Crippen LogP contribution in [0.2, 0.25) is 0 Å². The van der Waals surface area contributed by atoms with Crippen molar-refractivity contribution in [2.45, 2.75) is 57.0 Å². The van der Waals surface area contributed by atoms with Crippen LogP contribution in [-0.2, 0) is 28.0 Å². The van der Waals surface area contributed by atoms with E-state index in [0.29, 0.717) is 25.2 Å². The number of nitrogens with zero attached hydrogens (tertiary/aromatic N) is 1. The summed E-state index contributed by atoms with van der Waals surface area (Å²) in [5, 5.41) is 11.9. The zero-order valence-corrected chi connectivity index (χ0v) is 16.1. The van der Waals surface area contributed by atoms with E-state index in [1.807, 2.05) is 19.1 Å². The fourth-order valence-corrected chi connectivity index (χ4v) is 4.87. The number of benzene rings is 1. The molecule has 2 fully saturated rings. The molecule has 28 heavy (non-hydrogen) atoms. The van der Waals surface area contributed by atoms with Crippen molar-refractivity contribution in [1.29, 1.82) is 0 Å². The van der Waals surface area contributed by atoms with Gasteiger partial charge < -0.3 is 16.2 Å². The van der Waals surface area contributed by atoms with Crippen molar-refractivity contribution in [1.82, 2.24) is 10.2 Å². The zero-order valence-electron chi connectivity index (χ0n) is 16.1. The number of aryl methyl sites for hydroxylation is 2.